The topological polar surface area (TPSA) is 131 Å². The molecule has 0 atom stereocenters. The van der Waals surface area contributed by atoms with Gasteiger partial charge in [-0.3, -0.25) is 9.59 Å². The van der Waals surface area contributed by atoms with Crippen LogP contribution in [0.15, 0.2) is 54.6 Å². The molecule has 9 heteroatoms. The first-order chi connectivity index (χ1) is 18.0. The number of carbonyl (C=O) groups is 2. The Kier molecular flexibility index (Phi) is 7.20. The van der Waals surface area contributed by atoms with Gasteiger partial charge in [0.1, 0.15) is 18.0 Å². The monoisotopic (exact) mass is 501 g/mol. The lowest BCUT2D eigenvalue weighted by atomic mass is 9.77. The number of aliphatic carboxylic acids is 1. The Balaban J connectivity index is 1.28. The molecule has 0 radical (unpaired) electrons. The van der Waals surface area contributed by atoms with Crippen molar-refractivity contribution >= 4 is 29.3 Å². The fourth-order valence-corrected chi connectivity index (χ4v) is 5.21. The van der Waals surface area contributed by atoms with Crippen molar-refractivity contribution in [2.45, 2.75) is 44.6 Å². The molecule has 0 spiro atoms. The zero-order chi connectivity index (χ0) is 25.8. The minimum absolute atomic E-state index is 0.0761. The van der Waals surface area contributed by atoms with Gasteiger partial charge in [-0.2, -0.15) is 9.97 Å². The van der Waals surface area contributed by atoms with E-state index in [9.17, 15) is 9.59 Å². The van der Waals surface area contributed by atoms with Crippen LogP contribution in [0.25, 0.3) is 0 Å². The standard InChI is InChI=1S/C28H31N5O4/c29-25-24-26(32-28(31-25)30-17-19-4-2-1-3-5-19)37-15-14-33(27(24)36)22-12-10-21(11-13-22)20-8-6-18(7-9-20)16-23(34)35/h1-5,10-13,18,20H,6-9,14-17H2,(H,34,35)(H3,29,30,31,32)/t18-,20-. The number of nitrogen functional groups attached to an aromatic ring is 1. The summed E-state index contributed by atoms with van der Waals surface area (Å²) in [7, 11) is 0. The first-order valence-corrected chi connectivity index (χ1v) is 12.7. The Morgan fingerprint density at radius 3 is 2.49 bits per heavy atom. The zero-order valence-corrected chi connectivity index (χ0v) is 20.6. The number of hydrogen-bond acceptors (Lipinski definition) is 7. The predicted molar refractivity (Wildman–Crippen MR) is 141 cm³/mol. The minimum Gasteiger partial charge on any atom is -0.481 e. The van der Waals surface area contributed by atoms with Crippen molar-refractivity contribution in [1.29, 1.82) is 0 Å². The van der Waals surface area contributed by atoms with Crippen LogP contribution in [-0.2, 0) is 11.3 Å². The molecule has 0 unspecified atom stereocenters. The van der Waals surface area contributed by atoms with Gasteiger partial charge in [0, 0.05) is 18.7 Å². The summed E-state index contributed by atoms with van der Waals surface area (Å²) in [6.45, 7) is 1.16. The number of carboxylic acid groups (broad SMARTS) is 1. The average molecular weight is 502 g/mol. The van der Waals surface area contributed by atoms with Crippen molar-refractivity contribution < 1.29 is 19.4 Å². The van der Waals surface area contributed by atoms with E-state index < -0.39 is 5.97 Å². The molecule has 2 heterocycles. The van der Waals surface area contributed by atoms with Gasteiger partial charge in [0.25, 0.3) is 5.91 Å². The number of nitrogens with one attached hydrogen (secondary N) is 1. The quantitative estimate of drug-likeness (QED) is 0.433. The molecule has 192 valence electrons. The van der Waals surface area contributed by atoms with Gasteiger partial charge in [-0.05, 0) is 60.8 Å². The van der Waals surface area contributed by atoms with Crippen LogP contribution < -0.4 is 20.7 Å². The van der Waals surface area contributed by atoms with Crippen LogP contribution in [0.2, 0.25) is 0 Å². The second kappa shape index (κ2) is 10.9. The van der Waals surface area contributed by atoms with Crippen molar-refractivity contribution in [3.8, 4) is 5.88 Å². The third-order valence-electron chi connectivity index (χ3n) is 7.20. The Morgan fingerprint density at radius 1 is 1.05 bits per heavy atom. The van der Waals surface area contributed by atoms with Gasteiger partial charge in [-0.15, -0.1) is 0 Å². The zero-order valence-electron chi connectivity index (χ0n) is 20.6. The number of benzene rings is 2. The van der Waals surface area contributed by atoms with E-state index >= 15 is 0 Å². The molecule has 0 bridgehead atoms. The van der Waals surface area contributed by atoms with E-state index in [-0.39, 0.29) is 42.1 Å². The molecule has 1 aromatic heterocycles. The summed E-state index contributed by atoms with van der Waals surface area (Å²) in [5, 5.41) is 12.2. The molecule has 3 aromatic rings. The van der Waals surface area contributed by atoms with Gasteiger partial charge in [-0.1, -0.05) is 42.5 Å². The van der Waals surface area contributed by atoms with Crippen molar-refractivity contribution in [3.05, 3.63) is 71.3 Å². The van der Waals surface area contributed by atoms with Crippen molar-refractivity contribution in [3.63, 3.8) is 0 Å². The van der Waals surface area contributed by atoms with E-state index in [1.54, 1.807) is 4.90 Å². The van der Waals surface area contributed by atoms with E-state index in [0.29, 0.717) is 25.0 Å². The van der Waals surface area contributed by atoms with Crippen LogP contribution in [-0.4, -0.2) is 40.1 Å². The van der Waals surface area contributed by atoms with Gasteiger partial charge < -0.3 is 25.8 Å². The van der Waals surface area contributed by atoms with Crippen LogP contribution in [0.3, 0.4) is 0 Å². The fraction of sp³-hybridized carbons (Fsp3) is 0.357. The molecular weight excluding hydrogens is 470 g/mol. The van der Waals surface area contributed by atoms with Crippen molar-refractivity contribution in [2.75, 3.05) is 29.1 Å². The smallest absolute Gasteiger partial charge is 0.303 e. The summed E-state index contributed by atoms with van der Waals surface area (Å²) in [6.07, 6.45) is 4.08. The molecule has 0 saturated heterocycles. The van der Waals surface area contributed by atoms with E-state index in [0.717, 1.165) is 36.9 Å². The number of nitrogens with zero attached hydrogens (tertiary/aromatic N) is 3. The molecule has 4 N–H and O–H groups in total. The number of fused-ring (bicyclic) bond motifs is 1. The molecule has 9 nitrogen and oxygen atoms in total. The molecule has 1 saturated carbocycles. The summed E-state index contributed by atoms with van der Waals surface area (Å²) < 4.78 is 5.83. The van der Waals surface area contributed by atoms with Gasteiger partial charge >= 0.3 is 5.97 Å². The molecule has 1 fully saturated rings. The lowest BCUT2D eigenvalue weighted by Crippen LogP contribution is -2.32. The molecule has 37 heavy (non-hydrogen) atoms. The van der Waals surface area contributed by atoms with E-state index in [1.165, 1.54) is 5.56 Å². The highest BCUT2D eigenvalue weighted by molar-refractivity contribution is 6.10. The van der Waals surface area contributed by atoms with Crippen LogP contribution in [0.1, 0.15) is 59.5 Å². The average Bonchev–Trinajstić information content (AvgIpc) is 3.07. The summed E-state index contributed by atoms with van der Waals surface area (Å²) in [5.41, 5.74) is 9.43. The maximum Gasteiger partial charge on any atom is 0.303 e. The summed E-state index contributed by atoms with van der Waals surface area (Å²) >= 11 is 0. The van der Waals surface area contributed by atoms with E-state index in [1.807, 2.05) is 42.5 Å². The van der Waals surface area contributed by atoms with E-state index in [2.05, 4.69) is 27.4 Å². The number of hydrogen-bond donors (Lipinski definition) is 3. The molecule has 2 aliphatic rings. The number of rotatable bonds is 7. The minimum atomic E-state index is -0.716. The second-order valence-electron chi connectivity index (χ2n) is 9.66. The van der Waals surface area contributed by atoms with Crippen molar-refractivity contribution in [1.82, 2.24) is 9.97 Å². The number of carbonyl (C=O) groups excluding carboxylic acids is 1. The van der Waals surface area contributed by atoms with Crippen molar-refractivity contribution in [2.24, 2.45) is 5.92 Å². The number of nitrogens with two attached hydrogens (primary N) is 1. The normalized spacial score (nSPS) is 19.5. The number of anilines is 3. The van der Waals surface area contributed by atoms with Crippen LogP contribution >= 0.6 is 0 Å². The molecule has 1 aliphatic carbocycles. The lowest BCUT2D eigenvalue weighted by Gasteiger charge is -2.28. The number of carboxylic acids is 1. The van der Waals surface area contributed by atoms with Crippen LogP contribution in [0, 0.1) is 5.92 Å². The second-order valence-corrected chi connectivity index (χ2v) is 9.66. The maximum atomic E-state index is 13.5. The van der Waals surface area contributed by atoms with E-state index in [4.69, 9.17) is 15.6 Å². The highest BCUT2D eigenvalue weighted by Crippen LogP contribution is 2.38. The molecular formula is C28H31N5O4. The summed E-state index contributed by atoms with van der Waals surface area (Å²) in [5.74, 6) is 0.243. The molecule has 1 aliphatic heterocycles. The first kappa shape index (κ1) is 24.5. The lowest BCUT2D eigenvalue weighted by molar-refractivity contribution is -0.138. The highest BCUT2D eigenvalue weighted by atomic mass is 16.5. The van der Waals surface area contributed by atoms with Gasteiger partial charge in [0.15, 0.2) is 0 Å². The van der Waals surface area contributed by atoms with Crippen LogP contribution in [0.4, 0.5) is 17.5 Å². The SMILES string of the molecule is Nc1nc(NCc2ccccc2)nc2c1C(=O)N(c1ccc([C@H]3CC[C@H](CC(=O)O)CC3)cc1)CCO2. The largest absolute Gasteiger partial charge is 0.481 e. The van der Waals surface area contributed by atoms with Gasteiger partial charge in [0.05, 0.1) is 6.54 Å². The Hall–Kier alpha value is -4.14. The van der Waals surface area contributed by atoms with Crippen LogP contribution in [0.5, 0.6) is 5.88 Å². The molecule has 5 rings (SSSR count). The Labute approximate surface area is 215 Å². The molecule has 1 amide bonds. The molecule has 2 aromatic carbocycles. The van der Waals surface area contributed by atoms with Gasteiger partial charge in [-0.25, -0.2) is 0 Å². The number of amides is 1. The third-order valence-corrected chi connectivity index (χ3v) is 7.20. The Bertz CT molecular complexity index is 1260. The van der Waals surface area contributed by atoms with Gasteiger partial charge in [0.2, 0.25) is 11.8 Å². The fourth-order valence-electron chi connectivity index (χ4n) is 5.21. The number of aromatic nitrogens is 2. The predicted octanol–water partition coefficient (Wildman–Crippen LogP) is 4.46. The first-order valence-electron chi connectivity index (χ1n) is 12.7. The maximum absolute atomic E-state index is 13.5. The Morgan fingerprint density at radius 2 is 1.78 bits per heavy atom. The highest BCUT2D eigenvalue weighted by Gasteiger charge is 2.30. The summed E-state index contributed by atoms with van der Waals surface area (Å²) in [4.78, 5) is 34.9. The third kappa shape index (κ3) is 5.66. The summed E-state index contributed by atoms with van der Waals surface area (Å²) in [6, 6.07) is 17.9. The number of ether oxygens (including phenoxy) is 1.